The molecule has 0 aromatic heterocycles. The van der Waals surface area contributed by atoms with Crippen molar-refractivity contribution in [1.29, 1.82) is 5.26 Å². The van der Waals surface area contributed by atoms with Crippen LogP contribution in [0.5, 0.6) is 0 Å². The second-order valence-electron chi connectivity index (χ2n) is 6.39. The van der Waals surface area contributed by atoms with Gasteiger partial charge in [0.25, 0.3) is 0 Å². The van der Waals surface area contributed by atoms with Crippen LogP contribution in [0.15, 0.2) is 18.2 Å². The molecule has 0 spiro atoms. The molecular formula is C17H23N3O. The number of carbonyl (C=O) groups excluding carboxylic acids is 1. The van der Waals surface area contributed by atoms with Crippen LogP contribution in [-0.2, 0) is 11.2 Å². The zero-order valence-corrected chi connectivity index (χ0v) is 12.9. The molecule has 1 heterocycles. The number of nitrogen functional groups attached to an aromatic ring is 1. The number of benzene rings is 1. The molecule has 0 atom stereocenters. The van der Waals surface area contributed by atoms with Gasteiger partial charge in [-0.15, -0.1) is 0 Å². The highest BCUT2D eigenvalue weighted by Gasteiger charge is 2.24. The second-order valence-corrected chi connectivity index (χ2v) is 6.39. The molecule has 1 aromatic rings. The van der Waals surface area contributed by atoms with Gasteiger partial charge >= 0.3 is 0 Å². The number of amides is 1. The Labute approximate surface area is 126 Å². The summed E-state index contributed by atoms with van der Waals surface area (Å²) in [4.78, 5) is 14.0. The van der Waals surface area contributed by atoms with Gasteiger partial charge in [-0.05, 0) is 56.9 Å². The van der Waals surface area contributed by atoms with Crippen molar-refractivity contribution in [3.05, 3.63) is 23.8 Å². The standard InChI is InChI=1S/C17H23N3O/c1-17(2,12-18)9-3-4-10-20-15-7-6-14(19)11-13(15)5-8-16(20)21/h6-7,11H,3-5,8-10,19H2,1-2H3. The fourth-order valence-electron chi connectivity index (χ4n) is 2.72. The summed E-state index contributed by atoms with van der Waals surface area (Å²) in [5.74, 6) is 0.187. The minimum atomic E-state index is -0.279. The van der Waals surface area contributed by atoms with Gasteiger partial charge < -0.3 is 10.6 Å². The van der Waals surface area contributed by atoms with Crippen LogP contribution < -0.4 is 10.6 Å². The summed E-state index contributed by atoms with van der Waals surface area (Å²) in [5, 5.41) is 9.01. The van der Waals surface area contributed by atoms with Crippen molar-refractivity contribution in [3.63, 3.8) is 0 Å². The molecule has 21 heavy (non-hydrogen) atoms. The Morgan fingerprint density at radius 3 is 2.81 bits per heavy atom. The average molecular weight is 285 g/mol. The molecule has 1 amide bonds. The highest BCUT2D eigenvalue weighted by atomic mass is 16.2. The van der Waals surface area contributed by atoms with Crippen molar-refractivity contribution in [2.75, 3.05) is 17.2 Å². The van der Waals surface area contributed by atoms with E-state index in [-0.39, 0.29) is 11.3 Å². The predicted molar refractivity (Wildman–Crippen MR) is 84.8 cm³/mol. The summed E-state index contributed by atoms with van der Waals surface area (Å²) in [5.41, 5.74) is 8.44. The number of hydrogen-bond donors (Lipinski definition) is 1. The summed E-state index contributed by atoms with van der Waals surface area (Å²) < 4.78 is 0. The van der Waals surface area contributed by atoms with Crippen molar-refractivity contribution in [2.45, 2.75) is 46.0 Å². The Hall–Kier alpha value is -2.02. The largest absolute Gasteiger partial charge is 0.399 e. The van der Waals surface area contributed by atoms with E-state index in [0.717, 1.165) is 49.2 Å². The van der Waals surface area contributed by atoms with E-state index in [4.69, 9.17) is 11.0 Å². The summed E-state index contributed by atoms with van der Waals surface area (Å²) in [6.07, 6.45) is 4.06. The molecule has 4 heteroatoms. The molecule has 0 saturated carbocycles. The van der Waals surface area contributed by atoms with Gasteiger partial charge in [-0.2, -0.15) is 5.26 Å². The van der Waals surface area contributed by atoms with Gasteiger partial charge in [0.15, 0.2) is 0 Å². The third kappa shape index (κ3) is 3.75. The molecule has 112 valence electrons. The number of nitriles is 1. The lowest BCUT2D eigenvalue weighted by atomic mass is 9.89. The molecule has 2 rings (SSSR count). The number of aryl methyl sites for hydroxylation is 1. The number of carbonyl (C=O) groups is 1. The van der Waals surface area contributed by atoms with E-state index in [1.54, 1.807) is 0 Å². The van der Waals surface area contributed by atoms with Crippen LogP contribution in [0, 0.1) is 16.7 Å². The van der Waals surface area contributed by atoms with E-state index in [1.165, 1.54) is 0 Å². The first-order valence-electron chi connectivity index (χ1n) is 7.53. The van der Waals surface area contributed by atoms with Gasteiger partial charge in [-0.3, -0.25) is 4.79 Å². The maximum absolute atomic E-state index is 12.1. The number of rotatable bonds is 5. The number of nitrogens with zero attached hydrogens (tertiary/aromatic N) is 2. The molecule has 1 aliphatic rings. The lowest BCUT2D eigenvalue weighted by molar-refractivity contribution is -0.118. The van der Waals surface area contributed by atoms with E-state index in [9.17, 15) is 4.79 Å². The van der Waals surface area contributed by atoms with Crippen LogP contribution >= 0.6 is 0 Å². The van der Waals surface area contributed by atoms with Crippen molar-refractivity contribution >= 4 is 17.3 Å². The van der Waals surface area contributed by atoms with E-state index in [0.29, 0.717) is 6.42 Å². The maximum atomic E-state index is 12.1. The van der Waals surface area contributed by atoms with E-state index < -0.39 is 0 Å². The first kappa shape index (κ1) is 15.4. The zero-order chi connectivity index (χ0) is 15.5. The van der Waals surface area contributed by atoms with E-state index >= 15 is 0 Å². The third-order valence-corrected chi connectivity index (χ3v) is 4.04. The Morgan fingerprint density at radius 2 is 2.10 bits per heavy atom. The Bertz CT molecular complexity index is 572. The number of hydrogen-bond acceptors (Lipinski definition) is 3. The number of anilines is 2. The van der Waals surface area contributed by atoms with Gasteiger partial charge in [-0.1, -0.05) is 6.42 Å². The lowest BCUT2D eigenvalue weighted by Gasteiger charge is -2.30. The smallest absolute Gasteiger partial charge is 0.227 e. The minimum Gasteiger partial charge on any atom is -0.399 e. The quantitative estimate of drug-likeness (QED) is 0.666. The highest BCUT2D eigenvalue weighted by molar-refractivity contribution is 5.96. The van der Waals surface area contributed by atoms with Crippen LogP contribution in [0.2, 0.25) is 0 Å². The van der Waals surface area contributed by atoms with Gasteiger partial charge in [0.1, 0.15) is 0 Å². The molecule has 4 nitrogen and oxygen atoms in total. The fraction of sp³-hybridized carbons (Fsp3) is 0.529. The molecule has 0 saturated heterocycles. The molecule has 2 N–H and O–H groups in total. The van der Waals surface area contributed by atoms with Crippen molar-refractivity contribution in [2.24, 2.45) is 5.41 Å². The highest BCUT2D eigenvalue weighted by Crippen LogP contribution is 2.30. The molecular weight excluding hydrogens is 262 g/mol. The normalized spacial score (nSPS) is 14.7. The Morgan fingerprint density at radius 1 is 1.33 bits per heavy atom. The Kier molecular flexibility index (Phi) is 4.52. The maximum Gasteiger partial charge on any atom is 0.227 e. The van der Waals surface area contributed by atoms with Crippen LogP contribution in [0.1, 0.15) is 45.1 Å². The predicted octanol–water partition coefficient (Wildman–Crippen LogP) is 3.27. The molecule has 0 unspecified atom stereocenters. The van der Waals surface area contributed by atoms with Crippen molar-refractivity contribution < 1.29 is 4.79 Å². The van der Waals surface area contributed by atoms with Gasteiger partial charge in [0.2, 0.25) is 5.91 Å². The van der Waals surface area contributed by atoms with Gasteiger partial charge in [0, 0.05) is 24.3 Å². The molecule has 0 bridgehead atoms. The third-order valence-electron chi connectivity index (χ3n) is 4.04. The molecule has 0 radical (unpaired) electrons. The van der Waals surface area contributed by atoms with Gasteiger partial charge in [0.05, 0.1) is 11.5 Å². The first-order chi connectivity index (χ1) is 9.93. The zero-order valence-electron chi connectivity index (χ0n) is 12.9. The van der Waals surface area contributed by atoms with Crippen molar-refractivity contribution in [1.82, 2.24) is 0 Å². The van der Waals surface area contributed by atoms with E-state index in [1.807, 2.05) is 36.9 Å². The van der Waals surface area contributed by atoms with Crippen LogP contribution in [0.3, 0.4) is 0 Å². The van der Waals surface area contributed by atoms with Crippen LogP contribution in [0.25, 0.3) is 0 Å². The summed E-state index contributed by atoms with van der Waals surface area (Å²) in [6, 6.07) is 8.08. The first-order valence-corrected chi connectivity index (χ1v) is 7.53. The molecule has 1 aromatic carbocycles. The average Bonchev–Trinajstić information content (AvgIpc) is 2.45. The summed E-state index contributed by atoms with van der Waals surface area (Å²) in [7, 11) is 0. The molecule has 0 fully saturated rings. The Balaban J connectivity index is 1.98. The second kappa shape index (κ2) is 6.17. The monoisotopic (exact) mass is 285 g/mol. The summed E-state index contributed by atoms with van der Waals surface area (Å²) in [6.45, 7) is 4.63. The molecule has 1 aliphatic heterocycles. The number of nitrogens with two attached hydrogens (primary N) is 1. The van der Waals surface area contributed by atoms with Crippen LogP contribution in [0.4, 0.5) is 11.4 Å². The van der Waals surface area contributed by atoms with Crippen molar-refractivity contribution in [3.8, 4) is 6.07 Å². The lowest BCUT2D eigenvalue weighted by Crippen LogP contribution is -2.36. The van der Waals surface area contributed by atoms with E-state index in [2.05, 4.69) is 6.07 Å². The number of fused-ring (bicyclic) bond motifs is 1. The number of unbranched alkanes of at least 4 members (excludes halogenated alkanes) is 1. The topological polar surface area (TPSA) is 70.1 Å². The van der Waals surface area contributed by atoms with Gasteiger partial charge in [-0.25, -0.2) is 0 Å². The summed E-state index contributed by atoms with van der Waals surface area (Å²) >= 11 is 0. The van der Waals surface area contributed by atoms with Crippen LogP contribution in [-0.4, -0.2) is 12.5 Å². The fourth-order valence-corrected chi connectivity index (χ4v) is 2.72. The minimum absolute atomic E-state index is 0.187. The molecule has 0 aliphatic carbocycles. The SMILES string of the molecule is CC(C)(C#N)CCCCN1C(=O)CCc2cc(N)ccc21.